The van der Waals surface area contributed by atoms with E-state index in [0.717, 1.165) is 5.56 Å². The van der Waals surface area contributed by atoms with Gasteiger partial charge in [-0.25, -0.2) is 9.79 Å². The minimum absolute atomic E-state index is 0.0495. The number of fused-ring (bicyclic) bond motifs is 1. The molecule has 4 aromatic rings. The molecule has 1 atom stereocenters. The van der Waals surface area contributed by atoms with Gasteiger partial charge in [-0.1, -0.05) is 77.0 Å². The summed E-state index contributed by atoms with van der Waals surface area (Å²) in [6.07, 6.45) is 1.69. The molecule has 0 amide bonds. The Kier molecular flexibility index (Phi) is 9.67. The summed E-state index contributed by atoms with van der Waals surface area (Å²) in [5.74, 6) is 0.372. The summed E-state index contributed by atoms with van der Waals surface area (Å²) in [5, 5.41) is 0.894. The second-order valence-corrected chi connectivity index (χ2v) is 11.4. The van der Waals surface area contributed by atoms with Crippen molar-refractivity contribution in [2.45, 2.75) is 19.6 Å². The van der Waals surface area contributed by atoms with Gasteiger partial charge < -0.3 is 18.9 Å². The third-order valence-electron chi connectivity index (χ3n) is 6.75. The molecule has 3 aromatic carbocycles. The third-order valence-corrected chi connectivity index (χ3v) is 8.30. The molecule has 0 fully saturated rings. The van der Waals surface area contributed by atoms with E-state index in [1.165, 1.54) is 30.1 Å². The molecular weight excluding hydrogens is 611 g/mol. The SMILES string of the molecule is COCCOC(=O)C1=C(C)N=c2sc(=Cc3ccc(Cl)cc3Cl)c(=O)n2C1c1ccc(OCc2ccccc2)c(OC)c1. The number of allylic oxidation sites excluding steroid dienone is 1. The van der Waals surface area contributed by atoms with Crippen molar-refractivity contribution in [2.75, 3.05) is 27.4 Å². The largest absolute Gasteiger partial charge is 0.493 e. The minimum Gasteiger partial charge on any atom is -0.493 e. The van der Waals surface area contributed by atoms with Crippen molar-refractivity contribution in [3.63, 3.8) is 0 Å². The number of halogens is 2. The number of thiazole rings is 1. The maximum absolute atomic E-state index is 14.0. The van der Waals surface area contributed by atoms with Crippen LogP contribution in [0.15, 0.2) is 87.8 Å². The summed E-state index contributed by atoms with van der Waals surface area (Å²) in [4.78, 5) is 32.5. The lowest BCUT2D eigenvalue weighted by Crippen LogP contribution is -2.40. The Bertz CT molecular complexity index is 1870. The Hall–Kier alpha value is -3.89. The van der Waals surface area contributed by atoms with Crippen LogP contribution in [-0.2, 0) is 20.9 Å². The Labute approximate surface area is 262 Å². The van der Waals surface area contributed by atoms with E-state index in [2.05, 4.69) is 4.99 Å². The standard InChI is InChI=1S/C32H28Cl2N2O6S/c1-19-28(31(38)41-14-13-39-2)29(22-10-12-25(26(15-22)40-3)42-18-20-7-5-4-6-8-20)36-30(37)27(43-32(36)35-19)16-21-9-11-23(33)17-24(21)34/h4-12,15-17,29H,13-14,18H2,1-3H3. The van der Waals surface area contributed by atoms with Gasteiger partial charge in [-0.2, -0.15) is 0 Å². The zero-order valence-electron chi connectivity index (χ0n) is 23.6. The Balaban J connectivity index is 1.61. The monoisotopic (exact) mass is 638 g/mol. The summed E-state index contributed by atoms with van der Waals surface area (Å²) in [6.45, 7) is 2.34. The van der Waals surface area contributed by atoms with Crippen molar-refractivity contribution in [1.82, 2.24) is 4.57 Å². The summed E-state index contributed by atoms with van der Waals surface area (Å²) in [5.41, 5.74) is 2.59. The van der Waals surface area contributed by atoms with Crippen LogP contribution in [0, 0.1) is 0 Å². The lowest BCUT2D eigenvalue weighted by molar-refractivity contribution is -0.140. The van der Waals surface area contributed by atoms with Crippen LogP contribution in [-0.4, -0.2) is 38.0 Å². The lowest BCUT2D eigenvalue weighted by Gasteiger charge is -2.25. The van der Waals surface area contributed by atoms with Crippen LogP contribution >= 0.6 is 34.5 Å². The van der Waals surface area contributed by atoms with Crippen LogP contribution in [0.1, 0.15) is 29.7 Å². The van der Waals surface area contributed by atoms with Crippen molar-refractivity contribution in [3.05, 3.63) is 124 Å². The van der Waals surface area contributed by atoms with Gasteiger partial charge in [0.05, 0.1) is 35.6 Å². The summed E-state index contributed by atoms with van der Waals surface area (Å²) < 4.78 is 24.2. The van der Waals surface area contributed by atoms with Gasteiger partial charge in [-0.3, -0.25) is 9.36 Å². The van der Waals surface area contributed by atoms with Gasteiger partial charge in [0.25, 0.3) is 5.56 Å². The quantitative estimate of drug-likeness (QED) is 0.173. The molecule has 0 spiro atoms. The minimum atomic E-state index is -0.841. The van der Waals surface area contributed by atoms with E-state index in [-0.39, 0.29) is 24.3 Å². The molecule has 11 heteroatoms. The topological polar surface area (TPSA) is 88.4 Å². The number of nitrogens with zero attached hydrogens (tertiary/aromatic N) is 2. The molecule has 0 saturated carbocycles. The first-order chi connectivity index (χ1) is 20.8. The molecule has 0 bridgehead atoms. The molecule has 0 aliphatic carbocycles. The van der Waals surface area contributed by atoms with Crippen LogP contribution in [0.4, 0.5) is 0 Å². The van der Waals surface area contributed by atoms with Gasteiger partial charge in [0.1, 0.15) is 13.2 Å². The highest BCUT2D eigenvalue weighted by atomic mass is 35.5. The Morgan fingerprint density at radius 1 is 1.02 bits per heavy atom. The van der Waals surface area contributed by atoms with Crippen molar-refractivity contribution >= 4 is 46.6 Å². The zero-order chi connectivity index (χ0) is 30.5. The highest BCUT2D eigenvalue weighted by Crippen LogP contribution is 2.36. The molecule has 2 heterocycles. The number of rotatable bonds is 10. The second kappa shape index (κ2) is 13.6. The average molecular weight is 640 g/mol. The van der Waals surface area contributed by atoms with E-state index >= 15 is 0 Å². The molecule has 1 aliphatic rings. The number of hydrogen-bond donors (Lipinski definition) is 0. The first-order valence-electron chi connectivity index (χ1n) is 13.3. The van der Waals surface area contributed by atoms with E-state index < -0.39 is 12.0 Å². The fourth-order valence-corrected chi connectivity index (χ4v) is 6.16. The number of hydrogen-bond acceptors (Lipinski definition) is 8. The number of methoxy groups -OCH3 is 2. The number of carbonyl (C=O) groups is 1. The van der Waals surface area contributed by atoms with Crippen LogP contribution in [0.5, 0.6) is 11.5 Å². The molecule has 0 saturated heterocycles. The molecule has 8 nitrogen and oxygen atoms in total. The maximum Gasteiger partial charge on any atom is 0.338 e. The lowest BCUT2D eigenvalue weighted by atomic mass is 9.95. The number of benzene rings is 3. The normalized spacial score (nSPS) is 14.7. The van der Waals surface area contributed by atoms with E-state index in [0.29, 0.717) is 54.3 Å². The smallest absolute Gasteiger partial charge is 0.338 e. The highest BCUT2D eigenvalue weighted by Gasteiger charge is 2.34. The fraction of sp³-hybridized carbons (Fsp3) is 0.219. The van der Waals surface area contributed by atoms with Crippen molar-refractivity contribution in [1.29, 1.82) is 0 Å². The predicted octanol–water partition coefficient (Wildman–Crippen LogP) is 5.32. The van der Waals surface area contributed by atoms with Crippen molar-refractivity contribution in [3.8, 4) is 11.5 Å². The van der Waals surface area contributed by atoms with Crippen molar-refractivity contribution < 1.29 is 23.7 Å². The predicted molar refractivity (Wildman–Crippen MR) is 167 cm³/mol. The second-order valence-electron chi connectivity index (χ2n) is 9.56. The van der Waals surface area contributed by atoms with E-state index in [1.807, 2.05) is 36.4 Å². The first-order valence-corrected chi connectivity index (χ1v) is 14.9. The van der Waals surface area contributed by atoms with Crippen molar-refractivity contribution in [2.24, 2.45) is 4.99 Å². The summed E-state index contributed by atoms with van der Waals surface area (Å²) in [7, 11) is 3.06. The van der Waals surface area contributed by atoms with Crippen LogP contribution in [0.2, 0.25) is 10.0 Å². The van der Waals surface area contributed by atoms with Gasteiger partial charge in [0.2, 0.25) is 0 Å². The van der Waals surface area contributed by atoms with E-state index in [1.54, 1.807) is 43.3 Å². The number of carbonyl (C=O) groups excluding carboxylic acids is 1. The molecule has 1 unspecified atom stereocenters. The van der Waals surface area contributed by atoms with E-state index in [4.69, 9.17) is 42.1 Å². The number of aromatic nitrogens is 1. The molecule has 43 heavy (non-hydrogen) atoms. The van der Waals surface area contributed by atoms with Gasteiger partial charge in [-0.15, -0.1) is 0 Å². The Morgan fingerprint density at radius 3 is 2.53 bits per heavy atom. The zero-order valence-corrected chi connectivity index (χ0v) is 26.0. The summed E-state index contributed by atoms with van der Waals surface area (Å²) in [6, 6.07) is 19.3. The summed E-state index contributed by atoms with van der Waals surface area (Å²) >= 11 is 13.7. The fourth-order valence-electron chi connectivity index (χ4n) is 4.66. The van der Waals surface area contributed by atoms with E-state index in [9.17, 15) is 9.59 Å². The van der Waals surface area contributed by atoms with Gasteiger partial charge in [0, 0.05) is 17.2 Å². The van der Waals surface area contributed by atoms with Crippen LogP contribution in [0.25, 0.3) is 6.08 Å². The molecule has 0 radical (unpaired) electrons. The van der Waals surface area contributed by atoms with Gasteiger partial charge >= 0.3 is 5.97 Å². The highest BCUT2D eigenvalue weighted by molar-refractivity contribution is 7.07. The van der Waals surface area contributed by atoms with Crippen LogP contribution in [0.3, 0.4) is 0 Å². The van der Waals surface area contributed by atoms with Gasteiger partial charge in [0.15, 0.2) is 16.3 Å². The van der Waals surface area contributed by atoms with Crippen LogP contribution < -0.4 is 24.4 Å². The average Bonchev–Trinajstić information content (AvgIpc) is 3.31. The number of ether oxygens (including phenoxy) is 4. The maximum atomic E-state index is 14.0. The molecule has 1 aliphatic heterocycles. The molecule has 1 aromatic heterocycles. The molecule has 0 N–H and O–H groups in total. The van der Waals surface area contributed by atoms with Gasteiger partial charge in [-0.05, 0) is 54.0 Å². The molecule has 5 rings (SSSR count). The Morgan fingerprint density at radius 2 is 1.81 bits per heavy atom. The number of esters is 1. The third kappa shape index (κ3) is 6.70. The molecule has 222 valence electrons. The molecular formula is C32H28Cl2N2O6S. The first kappa shape index (κ1) is 30.6.